The third kappa shape index (κ3) is 10.6. The summed E-state index contributed by atoms with van der Waals surface area (Å²) in [6, 6.07) is 0. The topological polar surface area (TPSA) is 32.3 Å². The fraction of sp³-hybridized carbons (Fsp3) is 1.00. The van der Waals surface area contributed by atoms with Gasteiger partial charge in [-0.25, -0.2) is 0 Å². The maximum absolute atomic E-state index is 11.3. The molecule has 0 heterocycles. The third-order valence-corrected chi connectivity index (χ3v) is 5.54. The zero-order valence-corrected chi connectivity index (χ0v) is 13.7. The van der Waals surface area contributed by atoms with Crippen molar-refractivity contribution in [2.45, 2.75) is 20.8 Å². The van der Waals surface area contributed by atoms with Gasteiger partial charge in [-0.1, -0.05) is 25.7 Å². The third-order valence-electron chi connectivity index (χ3n) is 0.853. The molecule has 0 saturated carbocycles. The van der Waals surface area contributed by atoms with E-state index >= 15 is 0 Å². The number of hydrogen-bond acceptors (Lipinski definition) is 4. The van der Waals surface area contributed by atoms with Gasteiger partial charge < -0.3 is 9.42 Å². The minimum absolute atomic E-state index is 0. The van der Waals surface area contributed by atoms with Crippen molar-refractivity contribution in [1.82, 2.24) is 0 Å². The van der Waals surface area contributed by atoms with E-state index in [1.165, 1.54) is 11.4 Å². The first kappa shape index (κ1) is 17.0. The Morgan fingerprint density at radius 2 is 2.08 bits per heavy atom. The van der Waals surface area contributed by atoms with Gasteiger partial charge in [-0.3, -0.25) is 0 Å². The van der Waals surface area contributed by atoms with Gasteiger partial charge in [-0.2, -0.15) is 0 Å². The SMILES string of the molecule is CCOP([O-])(=S)SCC(C)C.[K+]. The molecule has 0 aliphatic carbocycles. The van der Waals surface area contributed by atoms with Crippen molar-refractivity contribution in [3.63, 3.8) is 0 Å². The molecule has 0 radical (unpaired) electrons. The second-order valence-electron chi connectivity index (χ2n) is 2.55. The predicted octanol–water partition coefficient (Wildman–Crippen LogP) is -0.999. The molecule has 68 valence electrons. The maximum Gasteiger partial charge on any atom is 1.00 e. The van der Waals surface area contributed by atoms with Gasteiger partial charge in [0.1, 0.15) is 0 Å². The van der Waals surface area contributed by atoms with Crippen LogP contribution in [0.25, 0.3) is 0 Å². The molecule has 12 heavy (non-hydrogen) atoms. The summed E-state index contributed by atoms with van der Waals surface area (Å²) >= 11 is 6.02. The molecule has 1 unspecified atom stereocenters. The Hall–Kier alpha value is 2.56. The van der Waals surface area contributed by atoms with Gasteiger partial charge in [-0.05, 0) is 12.8 Å². The van der Waals surface area contributed by atoms with Crippen LogP contribution >= 0.6 is 17.1 Å². The second kappa shape index (κ2) is 8.83. The van der Waals surface area contributed by atoms with Gasteiger partial charge in [-0.15, -0.1) is 11.4 Å². The second-order valence-corrected chi connectivity index (χ2v) is 8.65. The quantitative estimate of drug-likeness (QED) is 0.464. The van der Waals surface area contributed by atoms with E-state index < -0.39 is 5.69 Å². The molecule has 0 aromatic carbocycles. The zero-order chi connectivity index (χ0) is 8.91. The molecule has 0 aliphatic heterocycles. The van der Waals surface area contributed by atoms with E-state index in [9.17, 15) is 4.89 Å². The molecule has 6 heteroatoms. The smallest absolute Gasteiger partial charge is 0.793 e. The maximum atomic E-state index is 11.3. The van der Waals surface area contributed by atoms with E-state index in [0.717, 1.165) is 5.75 Å². The summed E-state index contributed by atoms with van der Waals surface area (Å²) in [7, 11) is 0. The van der Waals surface area contributed by atoms with Crippen molar-refractivity contribution >= 4 is 28.9 Å². The Bertz CT molecular complexity index is 154. The molecule has 0 N–H and O–H groups in total. The van der Waals surface area contributed by atoms with Gasteiger partial charge in [0.2, 0.25) is 0 Å². The van der Waals surface area contributed by atoms with Gasteiger partial charge in [0.15, 0.2) is 0 Å². The van der Waals surface area contributed by atoms with E-state index in [1.807, 2.05) is 0 Å². The largest absolute Gasteiger partial charge is 1.00 e. The van der Waals surface area contributed by atoms with Crippen LogP contribution in [0, 0.1) is 5.92 Å². The van der Waals surface area contributed by atoms with E-state index in [4.69, 9.17) is 16.3 Å². The summed E-state index contributed by atoms with van der Waals surface area (Å²) in [6.07, 6.45) is 0. The average molecular weight is 252 g/mol. The summed E-state index contributed by atoms with van der Waals surface area (Å²) < 4.78 is 4.91. The molecule has 0 fully saturated rings. The van der Waals surface area contributed by atoms with E-state index in [1.54, 1.807) is 6.92 Å². The summed E-state index contributed by atoms with van der Waals surface area (Å²) in [5, 5.41) is 0. The van der Waals surface area contributed by atoms with E-state index in [2.05, 4.69) is 13.8 Å². The summed E-state index contributed by atoms with van der Waals surface area (Å²) in [5.74, 6) is 1.32. The Balaban J connectivity index is 0. The van der Waals surface area contributed by atoms with Crippen LogP contribution in [0.5, 0.6) is 0 Å². The monoisotopic (exact) mass is 252 g/mol. The normalized spacial score (nSPS) is 15.4. The van der Waals surface area contributed by atoms with Crippen molar-refractivity contribution in [1.29, 1.82) is 0 Å². The van der Waals surface area contributed by atoms with Gasteiger partial charge in [0.05, 0.1) is 0 Å². The first-order valence-electron chi connectivity index (χ1n) is 3.58. The Labute approximate surface area is 127 Å². The molecular formula is C6H14KO2PS2. The summed E-state index contributed by atoms with van der Waals surface area (Å²) in [6.45, 7) is 6.36. The average Bonchev–Trinajstić information content (AvgIpc) is 1.84. The van der Waals surface area contributed by atoms with Gasteiger partial charge in [0.25, 0.3) is 0 Å². The molecule has 0 aliphatic rings. The van der Waals surface area contributed by atoms with Crippen molar-refractivity contribution in [2.75, 3.05) is 12.4 Å². The van der Waals surface area contributed by atoms with Crippen molar-refractivity contribution in [3.8, 4) is 0 Å². The number of rotatable bonds is 5. The Morgan fingerprint density at radius 1 is 1.58 bits per heavy atom. The molecule has 0 rings (SSSR count). The standard InChI is InChI=1S/C6H15O2PS2.K/c1-4-8-9(7,10)11-5-6(2)3;/h6H,4-5H2,1-3H3,(H,7,10);/q;+1/p-1. The first-order valence-corrected chi connectivity index (χ1v) is 7.81. The van der Waals surface area contributed by atoms with Crippen molar-refractivity contribution in [3.05, 3.63) is 0 Å². The van der Waals surface area contributed by atoms with Crippen LogP contribution in [-0.2, 0) is 16.3 Å². The van der Waals surface area contributed by atoms with Crippen LogP contribution in [0.2, 0.25) is 0 Å². The van der Waals surface area contributed by atoms with Crippen LogP contribution in [0.3, 0.4) is 0 Å². The molecule has 0 bridgehead atoms. The molecule has 0 aromatic heterocycles. The predicted molar refractivity (Wildman–Crippen MR) is 53.2 cm³/mol. The molecular weight excluding hydrogens is 238 g/mol. The van der Waals surface area contributed by atoms with Gasteiger partial charge in [0, 0.05) is 18.1 Å². The molecule has 1 atom stereocenters. The Kier molecular flexibility index (Phi) is 12.5. The van der Waals surface area contributed by atoms with E-state index in [-0.39, 0.29) is 51.4 Å². The minimum atomic E-state index is -2.75. The molecule has 2 nitrogen and oxygen atoms in total. The first-order chi connectivity index (χ1) is 4.98. The Morgan fingerprint density at radius 3 is 2.42 bits per heavy atom. The van der Waals surface area contributed by atoms with Gasteiger partial charge >= 0.3 is 51.4 Å². The van der Waals surface area contributed by atoms with Crippen LogP contribution < -0.4 is 56.3 Å². The summed E-state index contributed by atoms with van der Waals surface area (Å²) in [4.78, 5) is 11.3. The molecule has 0 spiro atoms. The van der Waals surface area contributed by atoms with Crippen LogP contribution in [0.15, 0.2) is 0 Å². The molecule has 0 saturated heterocycles. The number of hydrogen-bond donors (Lipinski definition) is 0. The fourth-order valence-electron chi connectivity index (χ4n) is 0.436. The van der Waals surface area contributed by atoms with Crippen LogP contribution in [0.1, 0.15) is 20.8 Å². The van der Waals surface area contributed by atoms with Crippen LogP contribution in [-0.4, -0.2) is 12.4 Å². The molecule has 0 aromatic rings. The fourth-order valence-corrected chi connectivity index (χ4v) is 4.15. The molecule has 0 amide bonds. The minimum Gasteiger partial charge on any atom is -0.793 e. The van der Waals surface area contributed by atoms with E-state index in [0.29, 0.717) is 12.5 Å². The summed E-state index contributed by atoms with van der Waals surface area (Å²) in [5.41, 5.74) is -2.75. The van der Waals surface area contributed by atoms with Crippen molar-refractivity contribution < 1.29 is 60.8 Å². The zero-order valence-electron chi connectivity index (χ0n) is 8.07. The van der Waals surface area contributed by atoms with Crippen LogP contribution in [0.4, 0.5) is 0 Å². The van der Waals surface area contributed by atoms with Crippen molar-refractivity contribution in [2.24, 2.45) is 5.92 Å².